The van der Waals surface area contributed by atoms with Crippen molar-refractivity contribution in [3.8, 4) is 34.5 Å². The molecule has 8 rings (SSSR count). The Morgan fingerprint density at radius 1 is 0.365 bits per heavy atom. The van der Waals surface area contributed by atoms with Gasteiger partial charge in [0, 0.05) is 33.0 Å². The van der Waals surface area contributed by atoms with Gasteiger partial charge in [0.15, 0.2) is 17.2 Å². The third kappa shape index (κ3) is 13.1. The van der Waals surface area contributed by atoms with Crippen LogP contribution < -0.4 is 16.7 Å². The summed E-state index contributed by atoms with van der Waals surface area (Å²) in [4.78, 5) is -0.768. The van der Waals surface area contributed by atoms with Crippen LogP contribution in [0.4, 0.5) is 22.7 Å². The van der Waals surface area contributed by atoms with Gasteiger partial charge in [0.2, 0.25) is 0 Å². The van der Waals surface area contributed by atoms with E-state index in [1.165, 1.54) is 60.7 Å². The van der Waals surface area contributed by atoms with Crippen LogP contribution in [0.25, 0.3) is 43.1 Å². The van der Waals surface area contributed by atoms with Crippen LogP contribution in [-0.4, -0.2) is 88.0 Å². The Labute approximate surface area is 416 Å². The average molecular weight is 1140 g/mol. The van der Waals surface area contributed by atoms with Crippen molar-refractivity contribution in [2.24, 2.45) is 20.5 Å². The molecule has 0 aliphatic carbocycles. The summed E-state index contributed by atoms with van der Waals surface area (Å²) < 4.78 is 209. The van der Waals surface area contributed by atoms with Gasteiger partial charge in [-0.05, 0) is 71.4 Å². The number of azo groups is 2. The molecule has 0 atom stereocenters. The zero-order valence-electron chi connectivity index (χ0n) is 35.9. The average Bonchev–Trinajstić information content (AvgIpc) is 3.26. The predicted molar refractivity (Wildman–Crippen MR) is 256 cm³/mol. The molecular weight excluding hydrogens is 1110 g/mol. The minimum absolute atomic E-state index is 0.0156. The van der Waals surface area contributed by atoms with E-state index in [-0.39, 0.29) is 64.3 Å². The lowest BCUT2D eigenvalue weighted by molar-refractivity contribution is 0.371. The highest BCUT2D eigenvalue weighted by Gasteiger charge is 2.23. The molecule has 0 heterocycles. The maximum absolute atomic E-state index is 11.7. The fraction of sp³-hybridized carbons (Fsp3) is 0. The maximum atomic E-state index is 11.7. The molecule has 74 heavy (non-hydrogen) atoms. The third-order valence-electron chi connectivity index (χ3n) is 9.62. The van der Waals surface area contributed by atoms with Gasteiger partial charge in [-0.2, -0.15) is 50.5 Å². The van der Waals surface area contributed by atoms with Crippen molar-refractivity contribution < 1.29 is 105 Å². The van der Waals surface area contributed by atoms with Crippen molar-refractivity contribution in [3.05, 3.63) is 121 Å². The maximum Gasteiger partial charge on any atom is 0.446 e. The summed E-state index contributed by atoms with van der Waals surface area (Å²) in [5.74, 6) is -3.97. The van der Waals surface area contributed by atoms with E-state index in [0.717, 1.165) is 42.5 Å². The summed E-state index contributed by atoms with van der Waals surface area (Å²) in [5, 5.41) is 37.5. The number of benzene rings is 8. The lowest BCUT2D eigenvalue weighted by atomic mass is 10.1. The molecule has 0 saturated heterocycles. The van der Waals surface area contributed by atoms with Gasteiger partial charge in [-0.1, -0.05) is 54.6 Å². The zero-order valence-corrected chi connectivity index (χ0v) is 40.8. The van der Waals surface area contributed by atoms with Gasteiger partial charge in [-0.15, -0.1) is 20.5 Å². The standard InChI is InChI=1S/2C20H14N2O12S3/c23-16-7-5-11-9-12(33-36(27,28)29)10-17(34-37(30,31)32)19(11)20(16)22-21-15-6-8-18(35(24,25)26)14-4-2-1-3-13(14)15;23-20-17(34-37(30,31)32)10-11-9-12(33-36(27,28)29)5-6-13(11)19(20)22-21-16-7-8-18(35(24,25)26)15-4-2-1-3-14(15)16/h2*1-10,23H,(H,24,25,26)(H,27,28,29)(H,30,31,32). The quantitative estimate of drug-likeness (QED) is 0.0387. The molecule has 8 N–H and O–H groups in total. The highest BCUT2D eigenvalue weighted by molar-refractivity contribution is 7.86. The summed E-state index contributed by atoms with van der Waals surface area (Å²) in [6.07, 6.45) is 0. The molecule has 0 saturated carbocycles. The molecular formula is C40H28N4O24S6. The SMILES string of the molecule is O=S(=O)(O)Oc1cc(OS(=O)(=O)O)c2c(N=Nc3ccc(S(=O)(=O)O)c4ccccc34)c(O)ccc2c1.O=S(=O)(O)Oc1ccc2c(N=Nc3ccc(S(=O)(=O)O)c4ccccc34)c(O)c(OS(=O)(=O)O)cc2c1. The first kappa shape index (κ1) is 54.0. The largest absolute Gasteiger partial charge is 0.506 e. The first-order valence-corrected chi connectivity index (χ1v) is 27.7. The Morgan fingerprint density at radius 3 is 1.30 bits per heavy atom. The summed E-state index contributed by atoms with van der Waals surface area (Å²) in [6.45, 7) is 0. The number of rotatable bonds is 14. The second-order valence-electron chi connectivity index (χ2n) is 14.6. The molecule has 0 spiro atoms. The molecule has 0 fully saturated rings. The molecule has 0 radical (unpaired) electrons. The zero-order chi connectivity index (χ0) is 54.3. The van der Waals surface area contributed by atoms with Crippen LogP contribution in [0, 0.1) is 0 Å². The Bertz CT molecular complexity index is 4280. The van der Waals surface area contributed by atoms with Crippen molar-refractivity contribution in [1.82, 2.24) is 0 Å². The van der Waals surface area contributed by atoms with Crippen molar-refractivity contribution in [2.75, 3.05) is 0 Å². The van der Waals surface area contributed by atoms with Gasteiger partial charge in [-0.25, -0.2) is 0 Å². The van der Waals surface area contributed by atoms with Gasteiger partial charge in [0.25, 0.3) is 20.2 Å². The number of phenolic OH excluding ortho intramolecular Hbond substituents is 2. The Hall–Kier alpha value is -7.74. The number of hydrogen-bond acceptors (Lipinski definition) is 22. The second-order valence-corrected chi connectivity index (χ2v) is 21.4. The Morgan fingerprint density at radius 2 is 0.811 bits per heavy atom. The second kappa shape index (κ2) is 19.9. The van der Waals surface area contributed by atoms with E-state index >= 15 is 0 Å². The van der Waals surface area contributed by atoms with Gasteiger partial charge >= 0.3 is 41.6 Å². The van der Waals surface area contributed by atoms with E-state index in [9.17, 15) is 74.4 Å². The fourth-order valence-electron chi connectivity index (χ4n) is 6.95. The van der Waals surface area contributed by atoms with Crippen molar-refractivity contribution >= 4 is 128 Å². The molecule has 28 nitrogen and oxygen atoms in total. The third-order valence-corrected chi connectivity index (χ3v) is 13.0. The normalized spacial score (nSPS) is 12.8. The molecule has 388 valence electrons. The Kier molecular flexibility index (Phi) is 14.6. The number of fused-ring (bicyclic) bond motifs is 4. The predicted octanol–water partition coefficient (Wildman–Crippen LogP) is 7.45. The van der Waals surface area contributed by atoms with Crippen molar-refractivity contribution in [2.45, 2.75) is 9.79 Å². The van der Waals surface area contributed by atoms with Crippen molar-refractivity contribution in [1.29, 1.82) is 0 Å². The van der Waals surface area contributed by atoms with E-state index in [4.69, 9.17) is 13.7 Å². The van der Waals surface area contributed by atoms with E-state index in [1.807, 2.05) is 0 Å². The van der Waals surface area contributed by atoms with E-state index < -0.39 is 108 Å². The molecule has 8 aromatic carbocycles. The van der Waals surface area contributed by atoms with Crippen LogP contribution in [0.15, 0.2) is 152 Å². The smallest absolute Gasteiger partial charge is 0.446 e. The topological polar surface area (TPSA) is 453 Å². The summed E-state index contributed by atoms with van der Waals surface area (Å²) >= 11 is 0. The lowest BCUT2D eigenvalue weighted by Gasteiger charge is -2.12. The van der Waals surface area contributed by atoms with Gasteiger partial charge in [0.1, 0.15) is 38.4 Å². The first-order valence-electron chi connectivity index (χ1n) is 19.3. The van der Waals surface area contributed by atoms with Gasteiger partial charge in [0.05, 0.1) is 16.8 Å². The lowest BCUT2D eigenvalue weighted by Crippen LogP contribution is -2.09. The first-order chi connectivity index (χ1) is 34.2. The molecule has 0 aliphatic heterocycles. The molecule has 34 heteroatoms. The summed E-state index contributed by atoms with van der Waals surface area (Å²) in [6, 6.07) is 24.9. The highest BCUT2D eigenvalue weighted by atomic mass is 32.3. The van der Waals surface area contributed by atoms with Gasteiger partial charge < -0.3 is 26.9 Å². The highest BCUT2D eigenvalue weighted by Crippen LogP contribution is 2.47. The van der Waals surface area contributed by atoms with Crippen LogP contribution in [0.1, 0.15) is 0 Å². The summed E-state index contributed by atoms with van der Waals surface area (Å²) in [5.41, 5.74) is -0.610. The monoisotopic (exact) mass is 1140 g/mol. The Balaban J connectivity index is 0.000000216. The fourth-order valence-corrected chi connectivity index (χ4v) is 9.74. The molecule has 0 amide bonds. The van der Waals surface area contributed by atoms with E-state index in [2.05, 4.69) is 37.2 Å². The van der Waals surface area contributed by atoms with E-state index in [0.29, 0.717) is 6.07 Å². The molecule has 0 unspecified atom stereocenters. The van der Waals surface area contributed by atoms with Crippen LogP contribution in [0.5, 0.6) is 34.5 Å². The molecule has 8 aromatic rings. The molecule has 0 aliphatic rings. The van der Waals surface area contributed by atoms with E-state index in [1.54, 1.807) is 12.1 Å². The van der Waals surface area contributed by atoms with Crippen LogP contribution in [-0.2, 0) is 61.8 Å². The van der Waals surface area contributed by atoms with Crippen molar-refractivity contribution in [3.63, 3.8) is 0 Å². The minimum atomic E-state index is -5.18. The number of nitrogens with zero attached hydrogens (tertiary/aromatic N) is 4. The van der Waals surface area contributed by atoms with Crippen LogP contribution in [0.3, 0.4) is 0 Å². The number of phenols is 2. The van der Waals surface area contributed by atoms with Gasteiger partial charge in [-0.3, -0.25) is 27.3 Å². The number of hydrogen-bond donors (Lipinski definition) is 8. The summed E-state index contributed by atoms with van der Waals surface area (Å²) in [7, 11) is -29.4. The van der Waals surface area contributed by atoms with Crippen LogP contribution in [0.2, 0.25) is 0 Å². The minimum Gasteiger partial charge on any atom is -0.506 e. The number of aromatic hydroxyl groups is 2. The molecule has 0 bridgehead atoms. The van der Waals surface area contributed by atoms with Crippen LogP contribution >= 0.6 is 0 Å². The molecule has 0 aromatic heterocycles.